The molecule has 158 valence electrons. The second kappa shape index (κ2) is 9.44. The molecule has 0 aliphatic heterocycles. The molecule has 9 heteroatoms. The molecule has 6 nitrogen and oxygen atoms in total. The molecule has 1 N–H and O–H groups in total. The van der Waals surface area contributed by atoms with Crippen LogP contribution in [0.4, 0.5) is 8.78 Å². The molecule has 1 heterocycles. The van der Waals surface area contributed by atoms with Crippen LogP contribution in [0.5, 0.6) is 0 Å². The number of benzene rings is 2. The summed E-state index contributed by atoms with van der Waals surface area (Å²) >= 11 is 2.18. The topological polar surface area (TPSA) is 71.3 Å². The minimum absolute atomic E-state index is 0.0204. The van der Waals surface area contributed by atoms with Gasteiger partial charge in [0.2, 0.25) is 5.82 Å². The summed E-state index contributed by atoms with van der Waals surface area (Å²) < 4.78 is 30.9. The average molecular weight is 479 g/mol. The largest absolute Gasteiger partial charge is 0.378 e. The molecule has 3 rings (SSSR count). The summed E-state index contributed by atoms with van der Waals surface area (Å²) in [5.74, 6) is -1.03. The summed E-state index contributed by atoms with van der Waals surface area (Å²) in [6.07, 6.45) is 0. The average Bonchev–Trinajstić information content (AvgIpc) is 3.19. The van der Waals surface area contributed by atoms with Gasteiger partial charge in [-0.15, -0.1) is 0 Å². The normalized spacial score (nSPS) is 12.7. The molecule has 30 heavy (non-hydrogen) atoms. The van der Waals surface area contributed by atoms with E-state index in [4.69, 9.17) is 0 Å². The zero-order valence-electron chi connectivity index (χ0n) is 16.5. The highest BCUT2D eigenvalue weighted by Gasteiger charge is 2.34. The van der Waals surface area contributed by atoms with Crippen LogP contribution in [0.3, 0.4) is 0 Å². The Morgan fingerprint density at radius 2 is 1.87 bits per heavy atom. The van der Waals surface area contributed by atoms with E-state index < -0.39 is 10.7 Å². The van der Waals surface area contributed by atoms with Gasteiger partial charge in [0.15, 0.2) is 0 Å². The molecule has 2 aromatic carbocycles. The van der Waals surface area contributed by atoms with E-state index in [0.717, 1.165) is 6.54 Å². The number of aromatic nitrogens is 2. The Kier molecular flexibility index (Phi) is 6.94. The van der Waals surface area contributed by atoms with E-state index in [-0.39, 0.29) is 17.8 Å². The number of hydrogen-bond acceptors (Lipinski definition) is 5. The van der Waals surface area contributed by atoms with Gasteiger partial charge in [0.05, 0.1) is 0 Å². The lowest BCUT2D eigenvalue weighted by molar-refractivity contribution is 0.0725. The molecule has 1 aromatic heterocycles. The fraction of sp³-hybridized carbons (Fsp3) is 0.286. The Morgan fingerprint density at radius 3 is 2.47 bits per heavy atom. The maximum absolute atomic E-state index is 13.2. The lowest BCUT2D eigenvalue weighted by Crippen LogP contribution is -2.40. The molecule has 1 amide bonds. The minimum atomic E-state index is -3.39. The Bertz CT molecular complexity index is 975. The molecular formula is C21H21BrF2N4O2. The van der Waals surface area contributed by atoms with Gasteiger partial charge in [-0.2, -0.15) is 13.8 Å². The number of likely N-dealkylation sites (N-methyl/N-ethyl adjacent to an activating group) is 1. The van der Waals surface area contributed by atoms with Crippen molar-refractivity contribution in [3.05, 3.63) is 71.6 Å². The summed E-state index contributed by atoms with van der Waals surface area (Å²) in [6.45, 7) is 3.41. The van der Waals surface area contributed by atoms with Crippen molar-refractivity contribution in [2.24, 2.45) is 0 Å². The Labute approximate surface area is 181 Å². The van der Waals surface area contributed by atoms with Gasteiger partial charge < -0.3 is 14.7 Å². The lowest BCUT2D eigenvalue weighted by atomic mass is 10.1. The van der Waals surface area contributed by atoms with Gasteiger partial charge in [-0.1, -0.05) is 47.6 Å². The van der Waals surface area contributed by atoms with E-state index in [1.54, 1.807) is 24.3 Å². The van der Waals surface area contributed by atoms with Crippen LogP contribution in [0.2, 0.25) is 0 Å². The van der Waals surface area contributed by atoms with Gasteiger partial charge in [-0.3, -0.25) is 4.79 Å². The second-order valence-electron chi connectivity index (χ2n) is 7.06. The molecule has 1 unspecified atom stereocenters. The van der Waals surface area contributed by atoms with Gasteiger partial charge >= 0.3 is 10.7 Å². The van der Waals surface area contributed by atoms with Crippen molar-refractivity contribution in [2.45, 2.75) is 24.3 Å². The Balaban J connectivity index is 1.55. The number of carbonyl (C=O) groups is 1. The molecule has 0 bridgehead atoms. The SMILES string of the molecule is CC(CN(C)Cc1ccccc1)NC(=O)c1ccc(-c2noc(C(F)(F)Br)n2)cc1. The highest BCUT2D eigenvalue weighted by atomic mass is 79.9. The third-order valence-corrected chi connectivity index (χ3v) is 4.67. The van der Waals surface area contributed by atoms with Crippen LogP contribution in [0, 0.1) is 0 Å². The molecule has 0 saturated heterocycles. The highest BCUT2D eigenvalue weighted by Crippen LogP contribution is 2.34. The molecule has 0 fully saturated rings. The number of rotatable bonds is 8. The quantitative estimate of drug-likeness (QED) is 0.484. The number of carbonyl (C=O) groups excluding carboxylic acids is 1. The maximum atomic E-state index is 13.2. The van der Waals surface area contributed by atoms with Crippen molar-refractivity contribution in [1.29, 1.82) is 0 Å². The first kappa shape index (κ1) is 22.0. The van der Waals surface area contributed by atoms with Crippen LogP contribution in [0.15, 0.2) is 59.1 Å². The van der Waals surface area contributed by atoms with E-state index in [1.165, 1.54) is 5.56 Å². The van der Waals surface area contributed by atoms with Crippen LogP contribution < -0.4 is 5.32 Å². The number of hydrogen-bond donors (Lipinski definition) is 1. The molecule has 0 aliphatic carbocycles. The summed E-state index contributed by atoms with van der Waals surface area (Å²) in [4.78, 5) is 14.9. The van der Waals surface area contributed by atoms with Crippen LogP contribution in [-0.2, 0) is 11.4 Å². The zero-order valence-corrected chi connectivity index (χ0v) is 18.1. The van der Waals surface area contributed by atoms with Crippen LogP contribution in [-0.4, -0.2) is 40.6 Å². The molecule has 0 aliphatic rings. The van der Waals surface area contributed by atoms with E-state index in [1.807, 2.05) is 32.2 Å². The number of halogens is 3. The maximum Gasteiger partial charge on any atom is 0.378 e. The Morgan fingerprint density at radius 1 is 1.20 bits per heavy atom. The summed E-state index contributed by atoms with van der Waals surface area (Å²) in [6, 6.07) is 16.4. The molecule has 1 atom stereocenters. The van der Waals surface area contributed by atoms with E-state index in [9.17, 15) is 13.6 Å². The number of nitrogens with one attached hydrogen (secondary N) is 1. The van der Waals surface area contributed by atoms with E-state index in [0.29, 0.717) is 17.7 Å². The van der Waals surface area contributed by atoms with Crippen molar-refractivity contribution in [3.63, 3.8) is 0 Å². The molecule has 3 aromatic rings. The highest BCUT2D eigenvalue weighted by molar-refractivity contribution is 9.09. The molecule has 0 spiro atoms. The standard InChI is InChI=1S/C21H21BrF2N4O2/c1-14(12-28(2)13-15-6-4-3-5-7-15)25-19(29)17-10-8-16(9-11-17)18-26-20(30-27-18)21(22,23)24/h3-11,14H,12-13H2,1-2H3,(H,25,29). The number of alkyl halides is 3. The minimum Gasteiger partial charge on any atom is -0.348 e. The second-order valence-corrected chi connectivity index (χ2v) is 8.05. The van der Waals surface area contributed by atoms with Crippen LogP contribution in [0.25, 0.3) is 11.4 Å². The fourth-order valence-electron chi connectivity index (χ4n) is 3.01. The predicted octanol–water partition coefficient (Wildman–Crippen LogP) is 4.43. The molecule has 0 saturated carbocycles. The first-order valence-electron chi connectivity index (χ1n) is 9.27. The predicted molar refractivity (Wildman–Crippen MR) is 112 cm³/mol. The fourth-order valence-corrected chi connectivity index (χ4v) is 3.17. The van der Waals surface area contributed by atoms with E-state index >= 15 is 0 Å². The summed E-state index contributed by atoms with van der Waals surface area (Å²) in [7, 11) is 2.00. The molecular weight excluding hydrogens is 458 g/mol. The third kappa shape index (κ3) is 5.93. The lowest BCUT2D eigenvalue weighted by Gasteiger charge is -2.22. The van der Waals surface area contributed by atoms with Crippen molar-refractivity contribution in [1.82, 2.24) is 20.4 Å². The molecule has 0 radical (unpaired) electrons. The van der Waals surface area contributed by atoms with E-state index in [2.05, 4.69) is 52.9 Å². The van der Waals surface area contributed by atoms with Crippen LogP contribution >= 0.6 is 15.9 Å². The van der Waals surface area contributed by atoms with Gasteiger partial charge in [0.1, 0.15) is 0 Å². The number of amides is 1. The monoisotopic (exact) mass is 478 g/mol. The van der Waals surface area contributed by atoms with Gasteiger partial charge in [0, 0.05) is 46.2 Å². The number of nitrogens with zero attached hydrogens (tertiary/aromatic N) is 3. The summed E-state index contributed by atoms with van der Waals surface area (Å²) in [5, 5.41) is 6.50. The first-order valence-corrected chi connectivity index (χ1v) is 10.1. The van der Waals surface area contributed by atoms with Crippen molar-refractivity contribution >= 4 is 21.8 Å². The van der Waals surface area contributed by atoms with Gasteiger partial charge in [0.25, 0.3) is 5.91 Å². The Hall–Kier alpha value is -2.65. The first-order chi connectivity index (χ1) is 14.2. The summed E-state index contributed by atoms with van der Waals surface area (Å²) in [5.41, 5.74) is 2.12. The van der Waals surface area contributed by atoms with Gasteiger partial charge in [-0.05, 0) is 31.7 Å². The smallest absolute Gasteiger partial charge is 0.348 e. The van der Waals surface area contributed by atoms with Crippen LogP contribution in [0.1, 0.15) is 28.7 Å². The van der Waals surface area contributed by atoms with Gasteiger partial charge in [-0.25, -0.2) is 0 Å². The van der Waals surface area contributed by atoms with Crippen molar-refractivity contribution in [2.75, 3.05) is 13.6 Å². The van der Waals surface area contributed by atoms with Crippen molar-refractivity contribution < 1.29 is 18.1 Å². The van der Waals surface area contributed by atoms with Crippen molar-refractivity contribution in [3.8, 4) is 11.4 Å². The zero-order chi connectivity index (χ0) is 21.7. The third-order valence-electron chi connectivity index (χ3n) is 4.33.